The van der Waals surface area contributed by atoms with E-state index in [9.17, 15) is 4.79 Å². The van der Waals surface area contributed by atoms with Crippen LogP contribution in [0.25, 0.3) is 12.2 Å². The summed E-state index contributed by atoms with van der Waals surface area (Å²) in [6.07, 6.45) is 4.20. The van der Waals surface area contributed by atoms with Crippen molar-refractivity contribution in [2.75, 3.05) is 5.32 Å². The number of benzene rings is 1. The number of carbonyl (C=O) groups is 1. The maximum absolute atomic E-state index is 10.3. The average molecular weight is 215 g/mol. The minimum Gasteiger partial charge on any atom is -0.329 e. The van der Waals surface area contributed by atoms with E-state index in [-0.39, 0.29) is 0 Å². The van der Waals surface area contributed by atoms with Crippen LogP contribution in [0, 0.1) is 0 Å². The van der Waals surface area contributed by atoms with Crippen LogP contribution >= 0.6 is 0 Å². The van der Waals surface area contributed by atoms with Crippen molar-refractivity contribution < 1.29 is 4.79 Å². The van der Waals surface area contributed by atoms with Crippen LogP contribution in [0.2, 0.25) is 0 Å². The fraction of sp³-hybridized carbons (Fsp3) is 0. The van der Waals surface area contributed by atoms with Crippen molar-refractivity contribution >= 4 is 24.2 Å². The lowest BCUT2D eigenvalue weighted by Gasteiger charge is -1.98. The Balaban J connectivity index is 2.15. The van der Waals surface area contributed by atoms with Crippen LogP contribution in [0.5, 0.6) is 0 Å². The van der Waals surface area contributed by atoms with E-state index in [0.717, 1.165) is 11.3 Å². The first-order valence-electron chi connectivity index (χ1n) is 4.60. The standard InChI is InChI=1S/C10H9N5O/c16-7-11-9-3-1-2-8(6-9)4-5-10-12-14-15-13-10/h1-7H,(H,11,16)(H,12,13,14,15)/b5-4+. The molecule has 1 aromatic heterocycles. The zero-order valence-electron chi connectivity index (χ0n) is 8.29. The largest absolute Gasteiger partial charge is 0.329 e. The number of aromatic amines is 1. The summed E-state index contributed by atoms with van der Waals surface area (Å²) in [6, 6.07) is 7.40. The van der Waals surface area contributed by atoms with Crippen LogP contribution in [0.15, 0.2) is 24.3 Å². The fourth-order valence-electron chi connectivity index (χ4n) is 1.21. The number of tetrazole rings is 1. The van der Waals surface area contributed by atoms with Gasteiger partial charge in [0.05, 0.1) is 0 Å². The molecule has 0 radical (unpaired) electrons. The molecule has 0 aliphatic carbocycles. The molecular weight excluding hydrogens is 206 g/mol. The SMILES string of the molecule is O=CNc1cccc(/C=C/c2nn[nH]n2)c1. The van der Waals surface area contributed by atoms with Crippen LogP contribution in [0.3, 0.4) is 0 Å². The van der Waals surface area contributed by atoms with Crippen molar-refractivity contribution in [2.45, 2.75) is 0 Å². The van der Waals surface area contributed by atoms with Crippen LogP contribution in [-0.4, -0.2) is 27.0 Å². The summed E-state index contributed by atoms with van der Waals surface area (Å²) in [5.41, 5.74) is 1.68. The Hall–Kier alpha value is -2.50. The van der Waals surface area contributed by atoms with E-state index in [1.807, 2.05) is 24.3 Å². The van der Waals surface area contributed by atoms with Gasteiger partial charge in [0.15, 0.2) is 5.82 Å². The van der Waals surface area contributed by atoms with Gasteiger partial charge in [0.25, 0.3) is 0 Å². The zero-order chi connectivity index (χ0) is 11.2. The Morgan fingerprint density at radius 1 is 1.31 bits per heavy atom. The average Bonchev–Trinajstić information content (AvgIpc) is 2.80. The minimum absolute atomic E-state index is 0.508. The van der Waals surface area contributed by atoms with Gasteiger partial charge in [-0.3, -0.25) is 4.79 Å². The highest BCUT2D eigenvalue weighted by molar-refractivity contribution is 5.74. The van der Waals surface area contributed by atoms with E-state index in [0.29, 0.717) is 12.2 Å². The van der Waals surface area contributed by atoms with Crippen LogP contribution < -0.4 is 5.32 Å². The molecular formula is C10H9N5O. The highest BCUT2D eigenvalue weighted by atomic mass is 16.1. The number of hydrogen-bond donors (Lipinski definition) is 2. The third-order valence-electron chi connectivity index (χ3n) is 1.90. The van der Waals surface area contributed by atoms with E-state index in [2.05, 4.69) is 25.9 Å². The van der Waals surface area contributed by atoms with Gasteiger partial charge in [0, 0.05) is 5.69 Å². The van der Waals surface area contributed by atoms with Crippen molar-refractivity contribution in [3.8, 4) is 0 Å². The van der Waals surface area contributed by atoms with Gasteiger partial charge in [-0.2, -0.15) is 5.21 Å². The molecule has 6 nitrogen and oxygen atoms in total. The Kier molecular flexibility index (Phi) is 3.03. The number of rotatable bonds is 4. The zero-order valence-corrected chi connectivity index (χ0v) is 8.29. The molecule has 2 rings (SSSR count). The second-order valence-electron chi connectivity index (χ2n) is 2.99. The third kappa shape index (κ3) is 2.50. The number of nitrogens with one attached hydrogen (secondary N) is 2. The Labute approximate surface area is 91.4 Å². The fourth-order valence-corrected chi connectivity index (χ4v) is 1.21. The molecule has 16 heavy (non-hydrogen) atoms. The molecule has 1 aromatic carbocycles. The number of aromatic nitrogens is 4. The molecule has 0 saturated heterocycles. The molecule has 0 aliphatic rings. The summed E-state index contributed by atoms with van der Waals surface area (Å²) in [4.78, 5) is 10.3. The lowest BCUT2D eigenvalue weighted by molar-refractivity contribution is -0.105. The van der Waals surface area contributed by atoms with Crippen LogP contribution in [-0.2, 0) is 4.79 Å². The predicted octanol–water partition coefficient (Wildman–Crippen LogP) is 0.938. The Morgan fingerprint density at radius 3 is 3.00 bits per heavy atom. The first-order valence-corrected chi connectivity index (χ1v) is 4.60. The highest BCUT2D eigenvalue weighted by Crippen LogP contribution is 2.11. The van der Waals surface area contributed by atoms with Gasteiger partial charge in [0.1, 0.15) is 0 Å². The maximum atomic E-state index is 10.3. The molecule has 0 saturated carbocycles. The van der Waals surface area contributed by atoms with Crippen molar-refractivity contribution in [1.82, 2.24) is 20.6 Å². The van der Waals surface area contributed by atoms with Gasteiger partial charge in [0.2, 0.25) is 6.41 Å². The molecule has 2 aromatic rings. The number of hydrogen-bond acceptors (Lipinski definition) is 4. The summed E-state index contributed by atoms with van der Waals surface area (Å²) in [5, 5.41) is 15.9. The monoisotopic (exact) mass is 215 g/mol. The second-order valence-corrected chi connectivity index (χ2v) is 2.99. The number of nitrogens with zero attached hydrogens (tertiary/aromatic N) is 3. The molecule has 80 valence electrons. The Morgan fingerprint density at radius 2 is 2.25 bits per heavy atom. The van der Waals surface area contributed by atoms with E-state index in [4.69, 9.17) is 0 Å². The molecule has 1 heterocycles. The first kappa shape index (κ1) is 10.0. The van der Waals surface area contributed by atoms with E-state index < -0.39 is 0 Å². The summed E-state index contributed by atoms with van der Waals surface area (Å²) in [5.74, 6) is 0.508. The first-order chi connectivity index (χ1) is 7.88. The van der Waals surface area contributed by atoms with Gasteiger partial charge in [-0.25, -0.2) is 0 Å². The van der Waals surface area contributed by atoms with Crippen molar-refractivity contribution in [3.63, 3.8) is 0 Å². The lowest BCUT2D eigenvalue weighted by Crippen LogP contribution is -1.92. The molecule has 0 fully saturated rings. The number of H-pyrrole nitrogens is 1. The molecule has 0 bridgehead atoms. The number of carbonyl (C=O) groups excluding carboxylic acids is 1. The molecule has 2 N–H and O–H groups in total. The van der Waals surface area contributed by atoms with Gasteiger partial charge in [-0.05, 0) is 29.0 Å². The van der Waals surface area contributed by atoms with Gasteiger partial charge in [-0.1, -0.05) is 18.2 Å². The number of anilines is 1. The van der Waals surface area contributed by atoms with Crippen molar-refractivity contribution in [2.24, 2.45) is 0 Å². The van der Waals surface area contributed by atoms with E-state index in [1.54, 1.807) is 12.1 Å². The lowest BCUT2D eigenvalue weighted by atomic mass is 10.2. The smallest absolute Gasteiger partial charge is 0.211 e. The molecule has 0 unspecified atom stereocenters. The summed E-state index contributed by atoms with van der Waals surface area (Å²) in [7, 11) is 0. The highest BCUT2D eigenvalue weighted by Gasteiger charge is 1.93. The summed E-state index contributed by atoms with van der Waals surface area (Å²) < 4.78 is 0. The Bertz CT molecular complexity index is 492. The molecule has 0 aliphatic heterocycles. The normalized spacial score (nSPS) is 10.5. The second kappa shape index (κ2) is 4.83. The van der Waals surface area contributed by atoms with Crippen molar-refractivity contribution in [3.05, 3.63) is 35.7 Å². The van der Waals surface area contributed by atoms with E-state index >= 15 is 0 Å². The molecule has 0 spiro atoms. The van der Waals surface area contributed by atoms with Crippen molar-refractivity contribution in [1.29, 1.82) is 0 Å². The summed E-state index contributed by atoms with van der Waals surface area (Å²) in [6.45, 7) is 0. The van der Waals surface area contributed by atoms with E-state index in [1.165, 1.54) is 0 Å². The quantitative estimate of drug-likeness (QED) is 0.743. The third-order valence-corrected chi connectivity index (χ3v) is 1.90. The van der Waals surface area contributed by atoms with Crippen LogP contribution in [0.4, 0.5) is 5.69 Å². The topological polar surface area (TPSA) is 83.6 Å². The summed E-state index contributed by atoms with van der Waals surface area (Å²) >= 11 is 0. The van der Waals surface area contributed by atoms with Gasteiger partial charge in [-0.15, -0.1) is 10.2 Å². The molecule has 6 heteroatoms. The maximum Gasteiger partial charge on any atom is 0.211 e. The van der Waals surface area contributed by atoms with Gasteiger partial charge >= 0.3 is 0 Å². The minimum atomic E-state index is 0.508. The predicted molar refractivity (Wildman–Crippen MR) is 59.2 cm³/mol. The molecule has 0 atom stereocenters. The van der Waals surface area contributed by atoms with Gasteiger partial charge < -0.3 is 5.32 Å². The molecule has 1 amide bonds. The number of amides is 1. The van der Waals surface area contributed by atoms with Crippen LogP contribution in [0.1, 0.15) is 11.4 Å².